The van der Waals surface area contributed by atoms with Crippen LogP contribution in [0.4, 0.5) is 0 Å². The van der Waals surface area contributed by atoms with Crippen molar-refractivity contribution in [3.63, 3.8) is 0 Å². The molecule has 0 bridgehead atoms. The highest BCUT2D eigenvalue weighted by molar-refractivity contribution is 5.91. The Kier molecular flexibility index (Phi) is 4.68. The topological polar surface area (TPSA) is 12.4 Å². The molecule has 0 aromatic heterocycles. The Labute approximate surface area is 138 Å². The molecule has 3 rings (SSSR count). The highest BCUT2D eigenvalue weighted by Gasteiger charge is 2.02. The van der Waals surface area contributed by atoms with Gasteiger partial charge in [-0.25, -0.2) is 0 Å². The second kappa shape index (κ2) is 7.06. The van der Waals surface area contributed by atoms with Gasteiger partial charge >= 0.3 is 0 Å². The molecule has 0 fully saturated rings. The van der Waals surface area contributed by atoms with Crippen LogP contribution in [0.25, 0.3) is 16.5 Å². The van der Waals surface area contributed by atoms with E-state index in [-0.39, 0.29) is 0 Å². The second-order valence-electron chi connectivity index (χ2n) is 5.75. The van der Waals surface area contributed by atoms with Crippen LogP contribution in [-0.4, -0.2) is 5.71 Å². The third-order valence-electron chi connectivity index (χ3n) is 3.93. The standard InChI is InChI=1S/C22H21N/c1-3-22(20-10-5-4-6-11-20)23-17(2)15-18-13-14-19-9-7-8-12-21(19)16-18/h3-14,16H,15H2,1-2H3/b22-3-,23-17?. The van der Waals surface area contributed by atoms with Crippen molar-refractivity contribution in [2.24, 2.45) is 4.99 Å². The van der Waals surface area contributed by atoms with E-state index in [1.165, 1.54) is 16.3 Å². The molecular formula is C22H21N. The lowest BCUT2D eigenvalue weighted by Crippen LogP contribution is -1.98. The van der Waals surface area contributed by atoms with Gasteiger partial charge in [-0.2, -0.15) is 0 Å². The van der Waals surface area contributed by atoms with Gasteiger partial charge in [-0.05, 0) is 35.7 Å². The second-order valence-corrected chi connectivity index (χ2v) is 5.75. The molecule has 0 amide bonds. The molecule has 0 aliphatic heterocycles. The zero-order valence-corrected chi connectivity index (χ0v) is 13.7. The van der Waals surface area contributed by atoms with Crippen LogP contribution in [-0.2, 0) is 6.42 Å². The molecule has 23 heavy (non-hydrogen) atoms. The fourth-order valence-corrected chi connectivity index (χ4v) is 2.79. The quantitative estimate of drug-likeness (QED) is 0.531. The summed E-state index contributed by atoms with van der Waals surface area (Å²) in [5.74, 6) is 0. The first kappa shape index (κ1) is 15.2. The first-order chi connectivity index (χ1) is 11.3. The molecule has 0 heterocycles. The minimum atomic E-state index is 0.870. The largest absolute Gasteiger partial charge is 0.258 e. The molecule has 0 saturated heterocycles. The van der Waals surface area contributed by atoms with Crippen LogP contribution in [0.5, 0.6) is 0 Å². The van der Waals surface area contributed by atoms with Gasteiger partial charge in [0.05, 0.1) is 5.70 Å². The highest BCUT2D eigenvalue weighted by Crippen LogP contribution is 2.18. The summed E-state index contributed by atoms with van der Waals surface area (Å²) in [6, 6.07) is 25.4. The smallest absolute Gasteiger partial charge is 0.0658 e. The molecule has 0 aliphatic rings. The molecule has 0 spiro atoms. The van der Waals surface area contributed by atoms with Crippen LogP contribution >= 0.6 is 0 Å². The number of hydrogen-bond donors (Lipinski definition) is 0. The fourth-order valence-electron chi connectivity index (χ4n) is 2.79. The fraction of sp³-hybridized carbons (Fsp3) is 0.136. The Bertz CT molecular complexity index is 857. The Hall–Kier alpha value is -2.67. The molecule has 0 aliphatic carbocycles. The van der Waals surface area contributed by atoms with Crippen molar-refractivity contribution in [2.75, 3.05) is 0 Å². The van der Waals surface area contributed by atoms with Crippen LogP contribution in [0.2, 0.25) is 0 Å². The SMILES string of the molecule is C/C=C(\N=C(C)Cc1ccc2ccccc2c1)c1ccccc1. The molecule has 0 atom stereocenters. The Morgan fingerprint density at radius 2 is 1.57 bits per heavy atom. The molecule has 1 heteroatoms. The number of hydrogen-bond acceptors (Lipinski definition) is 1. The van der Waals surface area contributed by atoms with Gasteiger partial charge in [0.2, 0.25) is 0 Å². The molecule has 0 N–H and O–H groups in total. The number of fused-ring (bicyclic) bond motifs is 1. The van der Waals surface area contributed by atoms with Gasteiger partial charge in [0, 0.05) is 12.1 Å². The van der Waals surface area contributed by atoms with Crippen molar-refractivity contribution in [1.29, 1.82) is 0 Å². The van der Waals surface area contributed by atoms with Crippen LogP contribution in [0.1, 0.15) is 25.0 Å². The molecule has 3 aromatic rings. The predicted octanol–water partition coefficient (Wildman–Crippen LogP) is 5.90. The lowest BCUT2D eigenvalue weighted by atomic mass is 10.0. The average molecular weight is 299 g/mol. The lowest BCUT2D eigenvalue weighted by molar-refractivity contribution is 1.30. The van der Waals surface area contributed by atoms with E-state index in [9.17, 15) is 0 Å². The average Bonchev–Trinajstić information content (AvgIpc) is 2.60. The summed E-state index contributed by atoms with van der Waals surface area (Å²) >= 11 is 0. The third-order valence-corrected chi connectivity index (χ3v) is 3.93. The van der Waals surface area contributed by atoms with Gasteiger partial charge in [0.25, 0.3) is 0 Å². The van der Waals surface area contributed by atoms with E-state index in [1.54, 1.807) is 0 Å². The molecular weight excluding hydrogens is 278 g/mol. The van der Waals surface area contributed by atoms with Crippen molar-refractivity contribution in [3.05, 3.63) is 90.0 Å². The summed E-state index contributed by atoms with van der Waals surface area (Å²) in [5, 5.41) is 2.57. The maximum atomic E-state index is 4.82. The zero-order chi connectivity index (χ0) is 16.1. The van der Waals surface area contributed by atoms with Gasteiger partial charge < -0.3 is 0 Å². The molecule has 0 saturated carbocycles. The van der Waals surface area contributed by atoms with E-state index in [2.05, 4.69) is 67.6 Å². The summed E-state index contributed by atoms with van der Waals surface area (Å²) in [5.41, 5.74) is 4.61. The normalized spacial score (nSPS) is 12.6. The summed E-state index contributed by atoms with van der Waals surface area (Å²) in [7, 11) is 0. The summed E-state index contributed by atoms with van der Waals surface area (Å²) in [6.45, 7) is 4.14. The van der Waals surface area contributed by atoms with E-state index < -0.39 is 0 Å². The van der Waals surface area contributed by atoms with Gasteiger partial charge in [-0.15, -0.1) is 0 Å². The maximum absolute atomic E-state index is 4.82. The molecule has 3 aromatic carbocycles. The van der Waals surface area contributed by atoms with Crippen molar-refractivity contribution in [3.8, 4) is 0 Å². The summed E-state index contributed by atoms with van der Waals surface area (Å²) in [6.07, 6.45) is 2.94. The van der Waals surface area contributed by atoms with Gasteiger partial charge in [-0.3, -0.25) is 4.99 Å². The Morgan fingerprint density at radius 3 is 2.30 bits per heavy atom. The van der Waals surface area contributed by atoms with E-state index in [4.69, 9.17) is 4.99 Å². The first-order valence-electron chi connectivity index (χ1n) is 8.00. The van der Waals surface area contributed by atoms with Crippen LogP contribution in [0, 0.1) is 0 Å². The summed E-state index contributed by atoms with van der Waals surface area (Å²) in [4.78, 5) is 4.82. The number of nitrogens with zero attached hydrogens (tertiary/aromatic N) is 1. The van der Waals surface area contributed by atoms with Crippen molar-refractivity contribution >= 4 is 22.2 Å². The minimum Gasteiger partial charge on any atom is -0.258 e. The lowest BCUT2D eigenvalue weighted by Gasteiger charge is -2.06. The number of allylic oxidation sites excluding steroid dienone is 1. The van der Waals surface area contributed by atoms with Crippen molar-refractivity contribution in [2.45, 2.75) is 20.3 Å². The minimum absolute atomic E-state index is 0.870. The molecule has 114 valence electrons. The van der Waals surface area contributed by atoms with E-state index >= 15 is 0 Å². The molecule has 1 nitrogen and oxygen atoms in total. The van der Waals surface area contributed by atoms with Crippen LogP contribution in [0.15, 0.2) is 83.9 Å². The summed E-state index contributed by atoms with van der Waals surface area (Å²) < 4.78 is 0. The first-order valence-corrected chi connectivity index (χ1v) is 8.00. The van der Waals surface area contributed by atoms with Gasteiger partial charge in [0.1, 0.15) is 0 Å². The maximum Gasteiger partial charge on any atom is 0.0658 e. The van der Waals surface area contributed by atoms with Crippen molar-refractivity contribution in [1.82, 2.24) is 0 Å². The van der Waals surface area contributed by atoms with E-state index in [1.807, 2.05) is 25.1 Å². The van der Waals surface area contributed by atoms with E-state index in [0.717, 1.165) is 23.4 Å². The Morgan fingerprint density at radius 1 is 0.870 bits per heavy atom. The number of rotatable bonds is 4. The van der Waals surface area contributed by atoms with Crippen LogP contribution < -0.4 is 0 Å². The van der Waals surface area contributed by atoms with Crippen molar-refractivity contribution < 1.29 is 0 Å². The molecule has 0 unspecified atom stereocenters. The number of aliphatic imine (C=N–C) groups is 1. The van der Waals surface area contributed by atoms with Crippen LogP contribution in [0.3, 0.4) is 0 Å². The Balaban J connectivity index is 1.83. The third kappa shape index (κ3) is 3.75. The monoisotopic (exact) mass is 299 g/mol. The highest BCUT2D eigenvalue weighted by atomic mass is 14.8. The van der Waals surface area contributed by atoms with E-state index in [0.29, 0.717) is 0 Å². The van der Waals surface area contributed by atoms with Gasteiger partial charge in [0.15, 0.2) is 0 Å². The predicted molar refractivity (Wildman–Crippen MR) is 101 cm³/mol. The molecule has 0 radical (unpaired) electrons. The zero-order valence-electron chi connectivity index (χ0n) is 13.7. The van der Waals surface area contributed by atoms with Gasteiger partial charge in [-0.1, -0.05) is 78.9 Å². The number of benzene rings is 3.